The number of rotatable bonds is 12. The van der Waals surface area contributed by atoms with Crippen molar-refractivity contribution in [2.24, 2.45) is 4.99 Å². The van der Waals surface area contributed by atoms with Crippen LogP contribution in [0.25, 0.3) is 16.6 Å². The number of pyridine rings is 2. The monoisotopic (exact) mass is 703 g/mol. The predicted octanol–water partition coefficient (Wildman–Crippen LogP) is 7.85. The topological polar surface area (TPSA) is 89.7 Å². The van der Waals surface area contributed by atoms with Crippen LogP contribution in [0, 0.1) is 11.6 Å². The number of nitrogens with one attached hydrogen (secondary N) is 1. The lowest BCUT2D eigenvalue weighted by molar-refractivity contribution is 0.0336. The molecule has 0 saturated carbocycles. The van der Waals surface area contributed by atoms with Crippen LogP contribution in [0.2, 0.25) is 0 Å². The van der Waals surface area contributed by atoms with Gasteiger partial charge in [0.15, 0.2) is 0 Å². The largest absolute Gasteiger partial charge is 0.494 e. The molecule has 1 atom stereocenters. The van der Waals surface area contributed by atoms with Crippen molar-refractivity contribution in [1.82, 2.24) is 24.6 Å². The number of aromatic nitrogens is 4. The van der Waals surface area contributed by atoms with Crippen LogP contribution >= 0.6 is 0 Å². The summed E-state index contributed by atoms with van der Waals surface area (Å²) in [5.41, 5.74) is 6.61. The third-order valence-electron chi connectivity index (χ3n) is 9.59. The third kappa shape index (κ3) is 7.80. The molecule has 0 amide bonds. The molecule has 1 saturated heterocycles. The van der Waals surface area contributed by atoms with Gasteiger partial charge in [-0.15, -0.1) is 0 Å². The smallest absolute Gasteiger partial charge is 0.134 e. The van der Waals surface area contributed by atoms with E-state index in [1.165, 1.54) is 28.8 Å². The van der Waals surface area contributed by atoms with Crippen LogP contribution in [0.3, 0.4) is 0 Å². The van der Waals surface area contributed by atoms with Gasteiger partial charge in [0.1, 0.15) is 28.9 Å². The Labute approximate surface area is 302 Å². The zero-order valence-electron chi connectivity index (χ0n) is 29.6. The van der Waals surface area contributed by atoms with Crippen LogP contribution in [0.15, 0.2) is 108 Å². The van der Waals surface area contributed by atoms with E-state index >= 15 is 8.78 Å². The van der Waals surface area contributed by atoms with Crippen molar-refractivity contribution in [2.45, 2.75) is 52.1 Å². The number of aryl methyl sites for hydroxylation is 1. The lowest BCUT2D eigenvalue weighted by Gasteiger charge is -2.37. The number of fused-ring (bicyclic) bond motifs is 1. The molecule has 5 aromatic rings. The number of ether oxygens (including phenoxy) is 2. The minimum absolute atomic E-state index is 0.0837. The summed E-state index contributed by atoms with van der Waals surface area (Å²) in [6, 6.07) is 18.1. The van der Waals surface area contributed by atoms with Crippen LogP contribution in [0.4, 0.5) is 14.5 Å². The number of morpholine rings is 1. The first-order chi connectivity index (χ1) is 25.5. The number of aliphatic imine (C=N–C) groups is 1. The highest BCUT2D eigenvalue weighted by Gasteiger charge is 2.33. The average Bonchev–Trinajstić information content (AvgIpc) is 3.46. The maximum Gasteiger partial charge on any atom is 0.134 e. The van der Waals surface area contributed by atoms with Crippen LogP contribution in [0.1, 0.15) is 49.9 Å². The normalized spacial score (nSPS) is 16.8. The number of amidine groups is 1. The molecule has 2 aromatic carbocycles. The number of para-hydroxylation sites is 1. The quantitative estimate of drug-likeness (QED) is 0.142. The van der Waals surface area contributed by atoms with Gasteiger partial charge in [0, 0.05) is 66.6 Å². The molecule has 7 rings (SSSR count). The van der Waals surface area contributed by atoms with Crippen LogP contribution < -0.4 is 10.1 Å². The first-order valence-corrected chi connectivity index (χ1v) is 18.0. The van der Waals surface area contributed by atoms with E-state index in [9.17, 15) is 0 Å². The number of benzene rings is 2. The number of anilines is 1. The molecule has 1 N–H and O–H groups in total. The zero-order valence-corrected chi connectivity index (χ0v) is 29.6. The molecule has 0 aliphatic carbocycles. The van der Waals surface area contributed by atoms with E-state index in [-0.39, 0.29) is 23.9 Å². The van der Waals surface area contributed by atoms with Crippen LogP contribution in [-0.2, 0) is 17.7 Å². The van der Waals surface area contributed by atoms with Gasteiger partial charge in [0.25, 0.3) is 0 Å². The van der Waals surface area contributed by atoms with Crippen LogP contribution in [0.5, 0.6) is 5.75 Å². The van der Waals surface area contributed by atoms with Gasteiger partial charge in [0.2, 0.25) is 0 Å². The second-order valence-corrected chi connectivity index (χ2v) is 12.9. The fraction of sp³-hybridized carbons (Fsp3) is 0.317. The van der Waals surface area contributed by atoms with E-state index in [4.69, 9.17) is 19.6 Å². The highest BCUT2D eigenvalue weighted by atomic mass is 19.1. The lowest BCUT2D eigenvalue weighted by Crippen LogP contribution is -2.50. The summed E-state index contributed by atoms with van der Waals surface area (Å²) >= 11 is 0. The molecule has 0 radical (unpaired) electrons. The number of hydrogen-bond donors (Lipinski definition) is 1. The van der Waals surface area contributed by atoms with Gasteiger partial charge in [0.05, 0.1) is 43.6 Å². The standard InChI is InChI=1S/C41H43F2N7O2/c1-3-29-24-37(39-33-9-5-6-11-38(33)50(48-39)27-34-35(42)25-31(52-4-2)26-36(34)43)47-41(46-30-14-18-45-19-15-30)40(49-20-22-51-23-21-49)32(29)10-7-8-28-12-16-44-17-13-28/h5-6,9,11-19,24-26,40H,3-4,7-8,10,20-23,27H2,1-2H3,(H,45,46,47). The first kappa shape index (κ1) is 35.2. The van der Waals surface area contributed by atoms with Gasteiger partial charge in [-0.2, -0.15) is 5.10 Å². The molecule has 268 valence electrons. The van der Waals surface area contributed by atoms with Gasteiger partial charge < -0.3 is 14.8 Å². The molecule has 0 bridgehead atoms. The summed E-state index contributed by atoms with van der Waals surface area (Å²) < 4.78 is 43.5. The molecule has 2 aliphatic heterocycles. The van der Waals surface area contributed by atoms with Gasteiger partial charge in [-0.1, -0.05) is 25.1 Å². The molecule has 11 heteroatoms. The predicted molar refractivity (Wildman–Crippen MR) is 200 cm³/mol. The van der Waals surface area contributed by atoms with Gasteiger partial charge in [-0.05, 0) is 85.7 Å². The van der Waals surface area contributed by atoms with Crippen molar-refractivity contribution in [3.8, 4) is 5.75 Å². The van der Waals surface area contributed by atoms with Crippen molar-refractivity contribution in [3.63, 3.8) is 0 Å². The van der Waals surface area contributed by atoms with Crippen molar-refractivity contribution in [3.05, 3.63) is 131 Å². The molecule has 52 heavy (non-hydrogen) atoms. The molecular formula is C41H43F2N7O2. The van der Waals surface area contributed by atoms with Gasteiger partial charge in [-0.25, -0.2) is 13.8 Å². The fourth-order valence-corrected chi connectivity index (χ4v) is 7.08. The summed E-state index contributed by atoms with van der Waals surface area (Å²) in [6.45, 7) is 6.97. The Morgan fingerprint density at radius 1 is 0.904 bits per heavy atom. The Morgan fingerprint density at radius 2 is 1.62 bits per heavy atom. The molecule has 9 nitrogen and oxygen atoms in total. The Kier molecular flexibility index (Phi) is 11.1. The summed E-state index contributed by atoms with van der Waals surface area (Å²) in [5, 5.41) is 9.56. The Balaban J connectivity index is 1.35. The van der Waals surface area contributed by atoms with E-state index in [1.54, 1.807) is 24.0 Å². The van der Waals surface area contributed by atoms with Crippen LogP contribution in [-0.4, -0.2) is 69.4 Å². The fourth-order valence-electron chi connectivity index (χ4n) is 7.08. The minimum atomic E-state index is -0.680. The third-order valence-corrected chi connectivity index (χ3v) is 9.59. The summed E-state index contributed by atoms with van der Waals surface area (Å²) in [5.74, 6) is -0.421. The first-order valence-electron chi connectivity index (χ1n) is 18.0. The molecule has 1 fully saturated rings. The zero-order chi connectivity index (χ0) is 35.9. The second kappa shape index (κ2) is 16.4. The van der Waals surface area contributed by atoms with E-state index in [0.717, 1.165) is 61.2 Å². The van der Waals surface area contributed by atoms with E-state index in [0.29, 0.717) is 31.2 Å². The number of nitrogens with zero attached hydrogens (tertiary/aromatic N) is 6. The maximum absolute atomic E-state index is 15.3. The van der Waals surface area contributed by atoms with Crippen molar-refractivity contribution < 1.29 is 18.3 Å². The van der Waals surface area contributed by atoms with Gasteiger partial charge in [-0.3, -0.25) is 19.5 Å². The Morgan fingerprint density at radius 3 is 2.33 bits per heavy atom. The van der Waals surface area contributed by atoms with Crippen molar-refractivity contribution in [2.75, 3.05) is 38.2 Å². The maximum atomic E-state index is 15.3. The molecular weight excluding hydrogens is 660 g/mol. The highest BCUT2D eigenvalue weighted by Crippen LogP contribution is 2.35. The van der Waals surface area contributed by atoms with Crippen molar-refractivity contribution in [1.29, 1.82) is 0 Å². The summed E-state index contributed by atoms with van der Waals surface area (Å²) in [6.07, 6.45) is 12.9. The molecule has 0 spiro atoms. The Bertz CT molecular complexity index is 2070. The molecule has 1 unspecified atom stereocenters. The number of halogens is 2. The number of hydrogen-bond acceptors (Lipinski definition) is 8. The SMILES string of the molecule is CCOc1cc(F)c(Cn2nc(C3=CC(CC)=C(CCCc4ccncc4)C(N4CCOCC4)C(Nc4ccncc4)=N3)c3ccccc32)c(F)c1. The summed E-state index contributed by atoms with van der Waals surface area (Å²) in [7, 11) is 0. The summed E-state index contributed by atoms with van der Waals surface area (Å²) in [4.78, 5) is 16.3. The number of allylic oxidation sites excluding steroid dienone is 2. The molecule has 3 aromatic heterocycles. The van der Waals surface area contributed by atoms with Gasteiger partial charge >= 0.3 is 0 Å². The average molecular weight is 704 g/mol. The van der Waals surface area contributed by atoms with Crippen molar-refractivity contribution >= 4 is 28.1 Å². The minimum Gasteiger partial charge on any atom is -0.494 e. The lowest BCUT2D eigenvalue weighted by atomic mass is 9.91. The van der Waals surface area contributed by atoms with E-state index in [1.807, 2.05) is 48.8 Å². The molecule has 2 aliphatic rings. The van der Waals surface area contributed by atoms with E-state index in [2.05, 4.69) is 45.3 Å². The highest BCUT2D eigenvalue weighted by molar-refractivity contribution is 6.06. The van der Waals surface area contributed by atoms with E-state index < -0.39 is 11.6 Å². The second-order valence-electron chi connectivity index (χ2n) is 12.9. The Hall–Kier alpha value is -5.26. The molecule has 5 heterocycles.